The van der Waals surface area contributed by atoms with E-state index in [0.29, 0.717) is 12.5 Å². The Labute approximate surface area is 101 Å². The van der Waals surface area contributed by atoms with Gasteiger partial charge in [-0.05, 0) is 25.7 Å². The zero-order valence-corrected chi connectivity index (χ0v) is 10.1. The van der Waals surface area contributed by atoms with Crippen LogP contribution in [0.4, 0.5) is 4.79 Å². The number of urea groups is 1. The molecule has 3 N–H and O–H groups in total. The van der Waals surface area contributed by atoms with Crippen molar-refractivity contribution in [3.05, 3.63) is 0 Å². The van der Waals surface area contributed by atoms with Gasteiger partial charge >= 0.3 is 12.0 Å². The fraction of sp³-hybridized carbons (Fsp3) is 0.818. The van der Waals surface area contributed by atoms with Crippen molar-refractivity contribution < 1.29 is 19.8 Å². The maximum absolute atomic E-state index is 11.7. The molecule has 1 unspecified atom stereocenters. The van der Waals surface area contributed by atoms with Gasteiger partial charge in [0.05, 0.1) is 0 Å². The maximum atomic E-state index is 11.7. The first-order valence-electron chi connectivity index (χ1n) is 5.98. The Balaban J connectivity index is 2.19. The number of carboxylic acids is 1. The molecule has 98 valence electrons. The first-order chi connectivity index (χ1) is 8.04. The first kappa shape index (κ1) is 13.8. The number of carbonyl (C=O) groups excluding carboxylic acids is 1. The van der Waals surface area contributed by atoms with Crippen molar-refractivity contribution in [2.24, 2.45) is 5.92 Å². The monoisotopic (exact) mass is 244 g/mol. The van der Waals surface area contributed by atoms with Gasteiger partial charge in [-0.15, -0.1) is 0 Å². The van der Waals surface area contributed by atoms with Crippen molar-refractivity contribution >= 4 is 12.0 Å². The van der Waals surface area contributed by atoms with Crippen LogP contribution in [0.15, 0.2) is 0 Å². The Bertz CT molecular complexity index is 279. The van der Waals surface area contributed by atoms with E-state index in [4.69, 9.17) is 10.2 Å². The molecule has 2 amide bonds. The average Bonchev–Trinajstić information content (AvgIpc) is 3.09. The summed E-state index contributed by atoms with van der Waals surface area (Å²) in [5, 5.41) is 20.1. The highest BCUT2D eigenvalue weighted by molar-refractivity contribution is 5.74. The average molecular weight is 244 g/mol. The standard InChI is InChI=1S/C11H20N2O4/c1-2-13(7-8-3-4-8)11(17)12-6-5-9(14)10(15)16/h8-9,14H,2-7H2,1H3,(H,12,17)(H,15,16). The molecule has 1 fully saturated rings. The highest BCUT2D eigenvalue weighted by Crippen LogP contribution is 2.29. The minimum Gasteiger partial charge on any atom is -0.479 e. The summed E-state index contributed by atoms with van der Waals surface area (Å²) in [6.45, 7) is 3.50. The second-order valence-corrected chi connectivity index (χ2v) is 4.36. The quantitative estimate of drug-likeness (QED) is 0.599. The molecular formula is C11H20N2O4. The number of nitrogens with one attached hydrogen (secondary N) is 1. The van der Waals surface area contributed by atoms with Gasteiger partial charge in [-0.3, -0.25) is 0 Å². The lowest BCUT2D eigenvalue weighted by atomic mass is 10.2. The molecule has 0 aromatic heterocycles. The molecule has 17 heavy (non-hydrogen) atoms. The number of carboxylic acid groups (broad SMARTS) is 1. The Morgan fingerprint density at radius 2 is 2.12 bits per heavy atom. The molecule has 0 radical (unpaired) electrons. The Hall–Kier alpha value is -1.30. The van der Waals surface area contributed by atoms with Gasteiger partial charge in [0.15, 0.2) is 6.10 Å². The fourth-order valence-corrected chi connectivity index (χ4v) is 1.52. The predicted octanol–water partition coefficient (Wildman–Crippen LogP) is 0.263. The lowest BCUT2D eigenvalue weighted by molar-refractivity contribution is -0.146. The molecule has 1 aliphatic rings. The third-order valence-electron chi connectivity index (χ3n) is 2.82. The van der Waals surface area contributed by atoms with E-state index in [9.17, 15) is 9.59 Å². The largest absolute Gasteiger partial charge is 0.479 e. The summed E-state index contributed by atoms with van der Waals surface area (Å²) in [6, 6.07) is -0.183. The lowest BCUT2D eigenvalue weighted by Gasteiger charge is -2.21. The van der Waals surface area contributed by atoms with Crippen LogP contribution in [0.1, 0.15) is 26.2 Å². The third-order valence-corrected chi connectivity index (χ3v) is 2.82. The molecule has 6 heteroatoms. The van der Waals surface area contributed by atoms with Gasteiger partial charge in [0.2, 0.25) is 0 Å². The summed E-state index contributed by atoms with van der Waals surface area (Å²) >= 11 is 0. The SMILES string of the molecule is CCN(CC1CC1)C(=O)NCCC(O)C(=O)O. The highest BCUT2D eigenvalue weighted by atomic mass is 16.4. The van der Waals surface area contributed by atoms with E-state index in [0.717, 1.165) is 6.54 Å². The molecule has 0 aromatic carbocycles. The van der Waals surface area contributed by atoms with Crippen molar-refractivity contribution in [2.45, 2.75) is 32.3 Å². The highest BCUT2D eigenvalue weighted by Gasteiger charge is 2.25. The Morgan fingerprint density at radius 1 is 1.47 bits per heavy atom. The minimum absolute atomic E-state index is 0.0298. The smallest absolute Gasteiger partial charge is 0.332 e. The van der Waals surface area contributed by atoms with Crippen LogP contribution >= 0.6 is 0 Å². The van der Waals surface area contributed by atoms with E-state index in [-0.39, 0.29) is 19.0 Å². The molecule has 1 aliphatic carbocycles. The second-order valence-electron chi connectivity index (χ2n) is 4.36. The molecule has 0 saturated heterocycles. The van der Waals surface area contributed by atoms with E-state index in [1.807, 2.05) is 6.92 Å². The van der Waals surface area contributed by atoms with E-state index >= 15 is 0 Å². The summed E-state index contributed by atoms with van der Waals surface area (Å²) in [6.07, 6.45) is 0.985. The maximum Gasteiger partial charge on any atom is 0.332 e. The molecule has 0 spiro atoms. The number of hydrogen-bond acceptors (Lipinski definition) is 3. The van der Waals surface area contributed by atoms with E-state index in [2.05, 4.69) is 5.32 Å². The third kappa shape index (κ3) is 5.04. The number of carbonyl (C=O) groups is 2. The number of aliphatic carboxylic acids is 1. The Morgan fingerprint density at radius 3 is 2.59 bits per heavy atom. The van der Waals surface area contributed by atoms with E-state index < -0.39 is 12.1 Å². The summed E-state index contributed by atoms with van der Waals surface area (Å²) in [4.78, 5) is 23.7. The molecule has 1 rings (SSSR count). The van der Waals surface area contributed by atoms with Crippen LogP contribution in [0.5, 0.6) is 0 Å². The van der Waals surface area contributed by atoms with Crippen molar-refractivity contribution in [2.75, 3.05) is 19.6 Å². The zero-order chi connectivity index (χ0) is 12.8. The van der Waals surface area contributed by atoms with Gasteiger partial charge in [-0.25, -0.2) is 9.59 Å². The molecule has 0 heterocycles. The number of aliphatic hydroxyl groups is 1. The first-order valence-corrected chi connectivity index (χ1v) is 5.98. The van der Waals surface area contributed by atoms with Crippen LogP contribution < -0.4 is 5.32 Å². The normalized spacial score (nSPS) is 16.4. The number of aliphatic hydroxyl groups excluding tert-OH is 1. The molecule has 6 nitrogen and oxygen atoms in total. The Kier molecular flexibility index (Phi) is 5.21. The fourth-order valence-electron chi connectivity index (χ4n) is 1.52. The van der Waals surface area contributed by atoms with Gasteiger partial charge < -0.3 is 20.4 Å². The van der Waals surface area contributed by atoms with Crippen molar-refractivity contribution in [1.82, 2.24) is 10.2 Å². The molecule has 0 aliphatic heterocycles. The topological polar surface area (TPSA) is 89.9 Å². The van der Waals surface area contributed by atoms with Gasteiger partial charge in [-0.2, -0.15) is 0 Å². The predicted molar refractivity (Wildman–Crippen MR) is 61.6 cm³/mol. The van der Waals surface area contributed by atoms with Gasteiger partial charge in [0.1, 0.15) is 0 Å². The number of rotatable bonds is 7. The minimum atomic E-state index is -1.41. The van der Waals surface area contributed by atoms with Crippen molar-refractivity contribution in [1.29, 1.82) is 0 Å². The van der Waals surface area contributed by atoms with Crippen LogP contribution in [0.2, 0.25) is 0 Å². The molecule has 1 saturated carbocycles. The van der Waals surface area contributed by atoms with Crippen molar-refractivity contribution in [3.8, 4) is 0 Å². The number of nitrogens with zero attached hydrogens (tertiary/aromatic N) is 1. The molecule has 1 atom stereocenters. The van der Waals surface area contributed by atoms with Gasteiger partial charge in [0, 0.05) is 26.1 Å². The summed E-state index contributed by atoms with van der Waals surface area (Å²) in [5.41, 5.74) is 0. The second kappa shape index (κ2) is 6.44. The van der Waals surface area contributed by atoms with E-state index in [1.165, 1.54) is 12.8 Å². The summed E-state index contributed by atoms with van der Waals surface area (Å²) < 4.78 is 0. The molecule has 0 aromatic rings. The van der Waals surface area contributed by atoms with Crippen molar-refractivity contribution in [3.63, 3.8) is 0 Å². The summed E-state index contributed by atoms with van der Waals surface area (Å²) in [5.74, 6) is -0.630. The number of amides is 2. The van der Waals surface area contributed by atoms with Crippen LogP contribution in [0.3, 0.4) is 0 Å². The summed E-state index contributed by atoms with van der Waals surface area (Å²) in [7, 11) is 0. The zero-order valence-electron chi connectivity index (χ0n) is 10.1. The van der Waals surface area contributed by atoms with Gasteiger partial charge in [-0.1, -0.05) is 0 Å². The number of hydrogen-bond donors (Lipinski definition) is 3. The van der Waals surface area contributed by atoms with Crippen LogP contribution in [0.25, 0.3) is 0 Å². The van der Waals surface area contributed by atoms with Gasteiger partial charge in [0.25, 0.3) is 0 Å². The van der Waals surface area contributed by atoms with Crippen LogP contribution in [0, 0.1) is 5.92 Å². The lowest BCUT2D eigenvalue weighted by Crippen LogP contribution is -2.42. The van der Waals surface area contributed by atoms with Crippen LogP contribution in [-0.4, -0.2) is 52.9 Å². The molecular weight excluding hydrogens is 224 g/mol. The van der Waals surface area contributed by atoms with Crippen LogP contribution in [-0.2, 0) is 4.79 Å². The molecule has 0 bridgehead atoms. The van der Waals surface area contributed by atoms with E-state index in [1.54, 1.807) is 4.90 Å².